The van der Waals surface area contributed by atoms with Crippen molar-refractivity contribution in [1.82, 2.24) is 4.90 Å². The maximum atomic E-state index is 12.4. The number of halogens is 1. The van der Waals surface area contributed by atoms with Gasteiger partial charge in [0.25, 0.3) is 0 Å². The van der Waals surface area contributed by atoms with Crippen molar-refractivity contribution in [3.8, 4) is 0 Å². The minimum Gasteiger partial charge on any atom is -0.399 e. The third kappa shape index (κ3) is 6.80. The van der Waals surface area contributed by atoms with Gasteiger partial charge in [-0.2, -0.15) is 0 Å². The molecule has 0 unspecified atom stereocenters. The molecular formula is C16H27ClN2O. The quantitative estimate of drug-likeness (QED) is 0.819. The van der Waals surface area contributed by atoms with Crippen LogP contribution in [0.4, 0.5) is 5.69 Å². The summed E-state index contributed by atoms with van der Waals surface area (Å²) in [4.78, 5) is 14.3. The molecule has 0 aromatic heterocycles. The number of carbonyl (C=O) groups is 1. The average molecular weight is 299 g/mol. The van der Waals surface area contributed by atoms with E-state index in [1.165, 1.54) is 0 Å². The lowest BCUT2D eigenvalue weighted by molar-refractivity contribution is -0.131. The molecule has 0 spiro atoms. The number of benzene rings is 1. The Balaban J connectivity index is 0.00000361. The van der Waals surface area contributed by atoms with Crippen LogP contribution in [0.25, 0.3) is 0 Å². The first-order valence-electron chi connectivity index (χ1n) is 7.00. The Morgan fingerprint density at radius 3 is 1.90 bits per heavy atom. The van der Waals surface area contributed by atoms with Crippen molar-refractivity contribution in [2.75, 3.05) is 18.8 Å². The van der Waals surface area contributed by atoms with Crippen molar-refractivity contribution in [1.29, 1.82) is 0 Å². The van der Waals surface area contributed by atoms with E-state index in [1.807, 2.05) is 29.2 Å². The maximum Gasteiger partial charge on any atom is 0.227 e. The molecular weight excluding hydrogens is 272 g/mol. The zero-order valence-electron chi connectivity index (χ0n) is 12.9. The van der Waals surface area contributed by atoms with E-state index in [4.69, 9.17) is 5.73 Å². The lowest BCUT2D eigenvalue weighted by Crippen LogP contribution is -2.37. The summed E-state index contributed by atoms with van der Waals surface area (Å²) in [7, 11) is 0. The molecule has 0 fully saturated rings. The minimum atomic E-state index is 0. The van der Waals surface area contributed by atoms with Crippen LogP contribution in [0.5, 0.6) is 0 Å². The number of rotatable bonds is 6. The molecule has 1 aromatic rings. The Kier molecular flexibility index (Phi) is 8.31. The van der Waals surface area contributed by atoms with Gasteiger partial charge in [0.2, 0.25) is 5.91 Å². The van der Waals surface area contributed by atoms with Crippen molar-refractivity contribution < 1.29 is 4.79 Å². The molecule has 1 amide bonds. The van der Waals surface area contributed by atoms with Gasteiger partial charge in [0, 0.05) is 18.8 Å². The van der Waals surface area contributed by atoms with E-state index in [1.54, 1.807) is 0 Å². The highest BCUT2D eigenvalue weighted by Crippen LogP contribution is 2.10. The molecule has 0 atom stereocenters. The highest BCUT2D eigenvalue weighted by Gasteiger charge is 2.16. The second-order valence-corrected chi connectivity index (χ2v) is 6.00. The molecule has 1 aromatic carbocycles. The molecule has 20 heavy (non-hydrogen) atoms. The summed E-state index contributed by atoms with van der Waals surface area (Å²) in [5.74, 6) is 1.19. The Morgan fingerprint density at radius 1 is 1.05 bits per heavy atom. The lowest BCUT2D eigenvalue weighted by Gasteiger charge is -2.26. The number of nitrogens with two attached hydrogens (primary N) is 1. The summed E-state index contributed by atoms with van der Waals surface area (Å²) in [6.07, 6.45) is 0.458. The Labute approximate surface area is 128 Å². The van der Waals surface area contributed by atoms with Crippen LogP contribution >= 0.6 is 12.4 Å². The first kappa shape index (κ1) is 18.8. The van der Waals surface area contributed by atoms with Gasteiger partial charge in [0.05, 0.1) is 6.42 Å². The SMILES string of the molecule is CC(C)CN(CC(C)C)C(=O)Cc1ccc(N)cc1.Cl. The lowest BCUT2D eigenvalue weighted by atomic mass is 10.1. The van der Waals surface area contributed by atoms with Crippen molar-refractivity contribution in [3.05, 3.63) is 29.8 Å². The van der Waals surface area contributed by atoms with Crippen LogP contribution in [0.3, 0.4) is 0 Å². The van der Waals surface area contributed by atoms with E-state index in [2.05, 4.69) is 27.7 Å². The highest BCUT2D eigenvalue weighted by atomic mass is 35.5. The van der Waals surface area contributed by atoms with E-state index in [-0.39, 0.29) is 18.3 Å². The number of anilines is 1. The number of nitrogens with zero attached hydrogens (tertiary/aromatic N) is 1. The van der Waals surface area contributed by atoms with Crippen LogP contribution in [0.1, 0.15) is 33.3 Å². The monoisotopic (exact) mass is 298 g/mol. The van der Waals surface area contributed by atoms with Crippen LogP contribution in [-0.4, -0.2) is 23.9 Å². The van der Waals surface area contributed by atoms with E-state index < -0.39 is 0 Å². The normalized spacial score (nSPS) is 10.5. The van der Waals surface area contributed by atoms with Crippen molar-refractivity contribution >= 4 is 24.0 Å². The zero-order valence-corrected chi connectivity index (χ0v) is 13.7. The van der Waals surface area contributed by atoms with Crippen LogP contribution in [0, 0.1) is 11.8 Å². The molecule has 0 radical (unpaired) electrons. The highest BCUT2D eigenvalue weighted by molar-refractivity contribution is 5.85. The first-order chi connectivity index (χ1) is 8.88. The van der Waals surface area contributed by atoms with Gasteiger partial charge >= 0.3 is 0 Å². The molecule has 0 heterocycles. The van der Waals surface area contributed by atoms with Gasteiger partial charge in [0.15, 0.2) is 0 Å². The van der Waals surface area contributed by atoms with Gasteiger partial charge in [-0.25, -0.2) is 0 Å². The average Bonchev–Trinajstić information content (AvgIpc) is 2.30. The van der Waals surface area contributed by atoms with Gasteiger partial charge in [-0.05, 0) is 29.5 Å². The molecule has 1 rings (SSSR count). The number of amides is 1. The molecule has 0 saturated heterocycles. The first-order valence-corrected chi connectivity index (χ1v) is 7.00. The number of nitrogen functional groups attached to an aromatic ring is 1. The van der Waals surface area contributed by atoms with Gasteiger partial charge in [-0.3, -0.25) is 4.79 Å². The zero-order chi connectivity index (χ0) is 14.4. The fraction of sp³-hybridized carbons (Fsp3) is 0.562. The van der Waals surface area contributed by atoms with Crippen LogP contribution in [0.15, 0.2) is 24.3 Å². The summed E-state index contributed by atoms with van der Waals surface area (Å²) in [5, 5.41) is 0. The fourth-order valence-electron chi connectivity index (χ4n) is 2.08. The van der Waals surface area contributed by atoms with Crippen molar-refractivity contribution in [3.63, 3.8) is 0 Å². The summed E-state index contributed by atoms with van der Waals surface area (Å²) < 4.78 is 0. The maximum absolute atomic E-state index is 12.4. The van der Waals surface area contributed by atoms with E-state index in [0.717, 1.165) is 24.3 Å². The molecule has 0 saturated carbocycles. The van der Waals surface area contributed by atoms with Crippen molar-refractivity contribution in [2.24, 2.45) is 11.8 Å². The second kappa shape index (κ2) is 8.85. The molecule has 3 nitrogen and oxygen atoms in total. The largest absolute Gasteiger partial charge is 0.399 e. The molecule has 2 N–H and O–H groups in total. The topological polar surface area (TPSA) is 46.3 Å². The van der Waals surface area contributed by atoms with Gasteiger partial charge < -0.3 is 10.6 Å². The summed E-state index contributed by atoms with van der Waals surface area (Å²) in [6, 6.07) is 7.54. The standard InChI is InChI=1S/C16H26N2O.ClH/c1-12(2)10-18(11-13(3)4)16(19)9-14-5-7-15(17)8-6-14;/h5-8,12-13H,9-11,17H2,1-4H3;1H. The minimum absolute atomic E-state index is 0. The van der Waals surface area contributed by atoms with E-state index >= 15 is 0 Å². The molecule has 114 valence electrons. The van der Waals surface area contributed by atoms with E-state index in [0.29, 0.717) is 18.3 Å². The van der Waals surface area contributed by atoms with E-state index in [9.17, 15) is 4.79 Å². The predicted octanol–water partition coefficient (Wildman–Crippen LogP) is 3.37. The predicted molar refractivity (Wildman–Crippen MR) is 88.1 cm³/mol. The van der Waals surface area contributed by atoms with Gasteiger partial charge in [-0.1, -0.05) is 39.8 Å². The summed E-state index contributed by atoms with van der Waals surface area (Å²) in [6.45, 7) is 10.2. The third-order valence-corrected chi connectivity index (χ3v) is 2.86. The number of carbonyl (C=O) groups excluding carboxylic acids is 1. The van der Waals surface area contributed by atoms with Crippen molar-refractivity contribution in [2.45, 2.75) is 34.1 Å². The van der Waals surface area contributed by atoms with Crippen LogP contribution < -0.4 is 5.73 Å². The van der Waals surface area contributed by atoms with Crippen LogP contribution in [-0.2, 0) is 11.2 Å². The van der Waals surface area contributed by atoms with Crippen LogP contribution in [0.2, 0.25) is 0 Å². The second-order valence-electron chi connectivity index (χ2n) is 6.00. The molecule has 0 aliphatic rings. The smallest absolute Gasteiger partial charge is 0.227 e. The van der Waals surface area contributed by atoms with Gasteiger partial charge in [-0.15, -0.1) is 12.4 Å². The third-order valence-electron chi connectivity index (χ3n) is 2.86. The molecule has 0 aliphatic heterocycles. The molecule has 4 heteroatoms. The Bertz CT molecular complexity index is 391. The summed E-state index contributed by atoms with van der Waals surface area (Å²) in [5.41, 5.74) is 7.41. The number of hydrogen-bond donors (Lipinski definition) is 1. The Hall–Kier alpha value is -1.22. The summed E-state index contributed by atoms with van der Waals surface area (Å²) >= 11 is 0. The Morgan fingerprint density at radius 2 is 1.50 bits per heavy atom. The number of hydrogen-bond acceptors (Lipinski definition) is 2. The fourth-order valence-corrected chi connectivity index (χ4v) is 2.08. The molecule has 0 bridgehead atoms. The molecule has 0 aliphatic carbocycles. The van der Waals surface area contributed by atoms with Gasteiger partial charge in [0.1, 0.15) is 0 Å².